The van der Waals surface area contributed by atoms with E-state index in [0.29, 0.717) is 12.1 Å². The summed E-state index contributed by atoms with van der Waals surface area (Å²) < 4.78 is 0. The molecule has 0 aliphatic heterocycles. The van der Waals surface area contributed by atoms with Gasteiger partial charge in [-0.25, -0.2) is 0 Å². The molecule has 0 saturated heterocycles. The zero-order valence-corrected chi connectivity index (χ0v) is 11.8. The second-order valence-electron chi connectivity index (χ2n) is 4.31. The number of nitro groups is 1. The van der Waals surface area contributed by atoms with Crippen molar-refractivity contribution in [3.63, 3.8) is 0 Å². The Morgan fingerprint density at radius 1 is 1.43 bits per heavy atom. The van der Waals surface area contributed by atoms with Gasteiger partial charge in [-0.3, -0.25) is 19.7 Å². The van der Waals surface area contributed by atoms with Crippen molar-refractivity contribution in [2.45, 2.75) is 19.9 Å². The first-order chi connectivity index (χ1) is 9.93. The first-order valence-electron chi connectivity index (χ1n) is 6.44. The van der Waals surface area contributed by atoms with Crippen molar-refractivity contribution in [3.8, 4) is 0 Å². The number of benzene rings is 1. The summed E-state index contributed by atoms with van der Waals surface area (Å²) in [6, 6.07) is 5.26. The summed E-state index contributed by atoms with van der Waals surface area (Å²) in [7, 11) is 0. The van der Waals surface area contributed by atoms with E-state index in [4.69, 9.17) is 0 Å². The van der Waals surface area contributed by atoms with Crippen molar-refractivity contribution in [1.82, 2.24) is 10.6 Å². The van der Waals surface area contributed by atoms with Gasteiger partial charge in [0.1, 0.15) is 6.04 Å². The summed E-state index contributed by atoms with van der Waals surface area (Å²) in [6.45, 7) is 3.85. The van der Waals surface area contributed by atoms with Crippen LogP contribution in [0.2, 0.25) is 0 Å². The van der Waals surface area contributed by atoms with Crippen LogP contribution in [0.1, 0.15) is 19.4 Å². The van der Waals surface area contributed by atoms with Gasteiger partial charge in [-0.05, 0) is 25.5 Å². The Kier molecular flexibility index (Phi) is 6.06. The predicted molar refractivity (Wildman–Crippen MR) is 78.4 cm³/mol. The minimum atomic E-state index is -0.646. The Morgan fingerprint density at radius 2 is 2.14 bits per heavy atom. The number of likely N-dealkylation sites (N-methyl/N-ethyl adjacent to an activating group) is 1. The van der Waals surface area contributed by atoms with Crippen molar-refractivity contribution in [2.75, 3.05) is 6.54 Å². The lowest BCUT2D eigenvalue weighted by Crippen LogP contribution is -2.44. The highest BCUT2D eigenvalue weighted by Gasteiger charge is 2.12. The van der Waals surface area contributed by atoms with Gasteiger partial charge < -0.3 is 10.6 Å². The number of carbonyl (C=O) groups excluding carboxylic acids is 2. The smallest absolute Gasteiger partial charge is 0.270 e. The number of hydrogen-bond donors (Lipinski definition) is 2. The topological polar surface area (TPSA) is 101 Å². The predicted octanol–water partition coefficient (Wildman–Crippen LogP) is 1.25. The number of amides is 2. The van der Waals surface area contributed by atoms with Crippen LogP contribution >= 0.6 is 0 Å². The van der Waals surface area contributed by atoms with E-state index in [9.17, 15) is 19.7 Å². The lowest BCUT2D eigenvalue weighted by Gasteiger charge is -2.11. The summed E-state index contributed by atoms with van der Waals surface area (Å²) in [5.74, 6) is -0.713. The van der Waals surface area contributed by atoms with Crippen LogP contribution in [0.3, 0.4) is 0 Å². The molecule has 7 heteroatoms. The molecule has 7 nitrogen and oxygen atoms in total. The van der Waals surface area contributed by atoms with E-state index >= 15 is 0 Å². The first-order valence-corrected chi connectivity index (χ1v) is 6.44. The fraction of sp³-hybridized carbons (Fsp3) is 0.286. The Balaban J connectivity index is 2.64. The molecule has 0 radical (unpaired) electrons. The molecule has 1 atom stereocenters. The molecule has 2 amide bonds. The Labute approximate surface area is 122 Å². The maximum Gasteiger partial charge on any atom is 0.270 e. The molecular formula is C14H17N3O4. The van der Waals surface area contributed by atoms with E-state index in [-0.39, 0.29) is 11.6 Å². The Hall–Kier alpha value is -2.70. The van der Waals surface area contributed by atoms with Crippen molar-refractivity contribution in [1.29, 1.82) is 0 Å². The minimum Gasteiger partial charge on any atom is -0.355 e. The molecule has 1 aromatic carbocycles. The van der Waals surface area contributed by atoms with Crippen molar-refractivity contribution in [2.24, 2.45) is 0 Å². The van der Waals surface area contributed by atoms with Crippen LogP contribution in [0.5, 0.6) is 0 Å². The third kappa shape index (κ3) is 5.43. The summed E-state index contributed by atoms with van der Waals surface area (Å²) in [5.41, 5.74) is 0.485. The van der Waals surface area contributed by atoms with Gasteiger partial charge in [-0.15, -0.1) is 0 Å². The van der Waals surface area contributed by atoms with Gasteiger partial charge in [-0.2, -0.15) is 0 Å². The number of nitrogens with zero attached hydrogens (tertiary/aromatic N) is 1. The maximum atomic E-state index is 11.6. The molecule has 21 heavy (non-hydrogen) atoms. The summed E-state index contributed by atoms with van der Waals surface area (Å²) in [5, 5.41) is 15.7. The Morgan fingerprint density at radius 3 is 2.76 bits per heavy atom. The molecule has 0 spiro atoms. The van der Waals surface area contributed by atoms with E-state index in [1.807, 2.05) is 0 Å². The van der Waals surface area contributed by atoms with Crippen LogP contribution in [-0.2, 0) is 9.59 Å². The average Bonchev–Trinajstić information content (AvgIpc) is 2.45. The standard InChI is InChI=1S/C14H17N3O4/c1-3-15-14(19)10(2)16-13(18)8-7-11-5-4-6-12(9-11)17(20)21/h4-10H,3H2,1-2H3,(H,15,19)(H,16,18)/b8-7+/t10-/m0/s1. The number of hydrogen-bond acceptors (Lipinski definition) is 4. The van der Waals surface area contributed by atoms with E-state index in [1.54, 1.807) is 19.9 Å². The second-order valence-corrected chi connectivity index (χ2v) is 4.31. The maximum absolute atomic E-state index is 11.6. The zero-order chi connectivity index (χ0) is 15.8. The van der Waals surface area contributed by atoms with Gasteiger partial charge in [0.2, 0.25) is 11.8 Å². The van der Waals surface area contributed by atoms with Crippen LogP contribution < -0.4 is 10.6 Å². The van der Waals surface area contributed by atoms with E-state index in [0.717, 1.165) is 0 Å². The molecule has 112 valence electrons. The highest BCUT2D eigenvalue weighted by molar-refractivity contribution is 5.95. The number of non-ortho nitro benzene ring substituents is 1. The van der Waals surface area contributed by atoms with Gasteiger partial charge in [0, 0.05) is 24.8 Å². The van der Waals surface area contributed by atoms with Gasteiger partial charge in [-0.1, -0.05) is 12.1 Å². The van der Waals surface area contributed by atoms with Crippen LogP contribution in [0.4, 0.5) is 5.69 Å². The molecule has 0 aliphatic carbocycles. The fourth-order valence-corrected chi connectivity index (χ4v) is 1.57. The number of carbonyl (C=O) groups is 2. The van der Waals surface area contributed by atoms with E-state index in [1.165, 1.54) is 30.4 Å². The van der Waals surface area contributed by atoms with Crippen LogP contribution in [0, 0.1) is 10.1 Å². The number of rotatable bonds is 6. The molecule has 1 aromatic rings. The van der Waals surface area contributed by atoms with E-state index < -0.39 is 16.9 Å². The Bertz CT molecular complexity index is 569. The molecule has 0 heterocycles. The van der Waals surface area contributed by atoms with E-state index in [2.05, 4.69) is 10.6 Å². The third-order valence-corrected chi connectivity index (χ3v) is 2.61. The van der Waals surface area contributed by atoms with Gasteiger partial charge in [0.15, 0.2) is 0 Å². The van der Waals surface area contributed by atoms with Crippen LogP contribution in [0.15, 0.2) is 30.3 Å². The fourth-order valence-electron chi connectivity index (χ4n) is 1.57. The normalized spacial score (nSPS) is 11.9. The lowest BCUT2D eigenvalue weighted by atomic mass is 10.2. The monoisotopic (exact) mass is 291 g/mol. The summed E-state index contributed by atoms with van der Waals surface area (Å²) in [4.78, 5) is 33.2. The van der Waals surface area contributed by atoms with Crippen LogP contribution in [0.25, 0.3) is 6.08 Å². The molecule has 0 bridgehead atoms. The molecular weight excluding hydrogens is 274 g/mol. The van der Waals surface area contributed by atoms with Crippen molar-refractivity contribution < 1.29 is 14.5 Å². The molecule has 0 aromatic heterocycles. The summed E-state index contributed by atoms with van der Waals surface area (Å²) >= 11 is 0. The lowest BCUT2D eigenvalue weighted by molar-refractivity contribution is -0.384. The van der Waals surface area contributed by atoms with Crippen molar-refractivity contribution in [3.05, 3.63) is 46.0 Å². The second kappa shape index (κ2) is 7.78. The molecule has 2 N–H and O–H groups in total. The minimum absolute atomic E-state index is 0.0479. The molecule has 0 aliphatic rings. The average molecular weight is 291 g/mol. The SMILES string of the molecule is CCNC(=O)[C@H](C)NC(=O)/C=C/c1cccc([N+](=O)[O-])c1. The third-order valence-electron chi connectivity index (χ3n) is 2.61. The summed E-state index contributed by atoms with van der Waals surface area (Å²) in [6.07, 6.45) is 2.68. The molecule has 0 saturated carbocycles. The molecule has 0 fully saturated rings. The largest absolute Gasteiger partial charge is 0.355 e. The highest BCUT2D eigenvalue weighted by atomic mass is 16.6. The number of nitro benzene ring substituents is 1. The van der Waals surface area contributed by atoms with Crippen molar-refractivity contribution >= 4 is 23.6 Å². The number of nitrogens with one attached hydrogen (secondary N) is 2. The van der Waals surface area contributed by atoms with Crippen LogP contribution in [-0.4, -0.2) is 29.3 Å². The van der Waals surface area contributed by atoms with Gasteiger partial charge >= 0.3 is 0 Å². The van der Waals surface area contributed by atoms with Gasteiger partial charge in [0.05, 0.1) is 4.92 Å². The first kappa shape index (κ1) is 16.4. The molecule has 1 rings (SSSR count). The van der Waals surface area contributed by atoms with Gasteiger partial charge in [0.25, 0.3) is 5.69 Å². The zero-order valence-electron chi connectivity index (χ0n) is 11.8. The highest BCUT2D eigenvalue weighted by Crippen LogP contribution is 2.13. The molecule has 0 unspecified atom stereocenters. The quantitative estimate of drug-likeness (QED) is 0.468.